The highest BCUT2D eigenvalue weighted by Crippen LogP contribution is 2.03. The Balaban J connectivity index is 1.97. The van der Waals surface area contributed by atoms with Crippen molar-refractivity contribution < 1.29 is 4.79 Å². The van der Waals surface area contributed by atoms with Crippen LogP contribution in [0.15, 0.2) is 53.6 Å². The fourth-order valence-corrected chi connectivity index (χ4v) is 1.58. The maximum Gasteiger partial charge on any atom is 0.271 e. The maximum absolute atomic E-state index is 11.8. The van der Waals surface area contributed by atoms with Crippen molar-refractivity contribution in [2.75, 3.05) is 0 Å². The van der Waals surface area contributed by atoms with Gasteiger partial charge in [0.15, 0.2) is 0 Å². The van der Waals surface area contributed by atoms with Crippen LogP contribution in [0.25, 0.3) is 0 Å². The van der Waals surface area contributed by atoms with Crippen molar-refractivity contribution in [3.8, 4) is 6.07 Å². The van der Waals surface area contributed by atoms with Gasteiger partial charge >= 0.3 is 0 Å². The summed E-state index contributed by atoms with van der Waals surface area (Å²) in [4.78, 5) is 11.8. The summed E-state index contributed by atoms with van der Waals surface area (Å²) < 4.78 is 0. The number of hydrogen-bond donors (Lipinski definition) is 1. The molecule has 0 radical (unpaired) electrons. The summed E-state index contributed by atoms with van der Waals surface area (Å²) in [6.45, 7) is 1.96. The number of rotatable bonds is 3. The van der Waals surface area contributed by atoms with Crippen LogP contribution in [0.3, 0.4) is 0 Å². The van der Waals surface area contributed by atoms with Gasteiger partial charge in [0.05, 0.1) is 17.8 Å². The minimum absolute atomic E-state index is 0.255. The molecule has 1 N–H and O–H groups in total. The highest BCUT2D eigenvalue weighted by atomic mass is 16.2. The molecule has 2 rings (SSSR count). The van der Waals surface area contributed by atoms with Crippen LogP contribution in [-0.2, 0) is 0 Å². The molecule has 4 nitrogen and oxygen atoms in total. The zero-order valence-corrected chi connectivity index (χ0v) is 11.0. The molecule has 0 fully saturated rings. The lowest BCUT2D eigenvalue weighted by Gasteiger charge is -2.00. The fourth-order valence-electron chi connectivity index (χ4n) is 1.58. The molecule has 2 aromatic rings. The Morgan fingerprint density at radius 1 is 1.15 bits per heavy atom. The lowest BCUT2D eigenvalue weighted by Crippen LogP contribution is -2.17. The summed E-state index contributed by atoms with van der Waals surface area (Å²) >= 11 is 0. The van der Waals surface area contributed by atoms with Gasteiger partial charge in [0.2, 0.25) is 0 Å². The monoisotopic (exact) mass is 263 g/mol. The van der Waals surface area contributed by atoms with E-state index in [2.05, 4.69) is 10.5 Å². The number of nitriles is 1. The Morgan fingerprint density at radius 2 is 1.80 bits per heavy atom. The van der Waals surface area contributed by atoms with Gasteiger partial charge in [-0.25, -0.2) is 5.43 Å². The first-order valence-corrected chi connectivity index (χ1v) is 6.09. The van der Waals surface area contributed by atoms with Gasteiger partial charge < -0.3 is 0 Å². The quantitative estimate of drug-likeness (QED) is 0.683. The van der Waals surface area contributed by atoms with Crippen molar-refractivity contribution >= 4 is 12.1 Å². The lowest BCUT2D eigenvalue weighted by molar-refractivity contribution is 0.0955. The molecule has 20 heavy (non-hydrogen) atoms. The van der Waals surface area contributed by atoms with Crippen molar-refractivity contribution in [2.45, 2.75) is 6.92 Å². The smallest absolute Gasteiger partial charge is 0.267 e. The Hall–Kier alpha value is -2.93. The van der Waals surface area contributed by atoms with Gasteiger partial charge in [0, 0.05) is 5.56 Å². The molecule has 4 heteroatoms. The number of carbonyl (C=O) groups excluding carboxylic acids is 1. The third-order valence-corrected chi connectivity index (χ3v) is 2.73. The summed E-state index contributed by atoms with van der Waals surface area (Å²) in [6, 6.07) is 16.2. The van der Waals surface area contributed by atoms with Crippen LogP contribution in [-0.4, -0.2) is 12.1 Å². The molecule has 0 saturated carbocycles. The third-order valence-electron chi connectivity index (χ3n) is 2.73. The molecule has 0 unspecified atom stereocenters. The van der Waals surface area contributed by atoms with Gasteiger partial charge in [-0.3, -0.25) is 4.79 Å². The number of hydrogen-bond acceptors (Lipinski definition) is 3. The van der Waals surface area contributed by atoms with Crippen molar-refractivity contribution in [2.24, 2.45) is 5.10 Å². The molecule has 0 aromatic heterocycles. The number of aryl methyl sites for hydroxylation is 1. The minimum Gasteiger partial charge on any atom is -0.267 e. The predicted octanol–water partition coefficient (Wildman–Crippen LogP) is 2.63. The lowest BCUT2D eigenvalue weighted by atomic mass is 10.1. The molecule has 0 saturated heterocycles. The van der Waals surface area contributed by atoms with E-state index in [-0.39, 0.29) is 5.91 Å². The molecule has 0 aliphatic rings. The van der Waals surface area contributed by atoms with E-state index in [4.69, 9.17) is 5.26 Å². The molecule has 1 amide bonds. The van der Waals surface area contributed by atoms with Crippen molar-refractivity contribution in [1.82, 2.24) is 5.43 Å². The fraction of sp³-hybridized carbons (Fsp3) is 0.0625. The second-order valence-corrected chi connectivity index (χ2v) is 4.30. The average Bonchev–Trinajstić information content (AvgIpc) is 2.48. The van der Waals surface area contributed by atoms with Crippen molar-refractivity contribution in [1.29, 1.82) is 5.26 Å². The number of nitrogens with one attached hydrogen (secondary N) is 1. The number of carbonyl (C=O) groups is 1. The standard InChI is InChI=1S/C16H13N3O/c1-12-2-8-15(9-3-12)16(20)19-18-11-14-6-4-13(10-17)5-7-14/h2-9,11H,1H3,(H,19,20)/b18-11+. The Bertz CT molecular complexity index is 664. The minimum atomic E-state index is -0.255. The first kappa shape index (κ1) is 13.5. The second kappa shape index (κ2) is 6.30. The third kappa shape index (κ3) is 3.53. The molecule has 98 valence electrons. The normalized spacial score (nSPS) is 10.2. The molecule has 0 aliphatic carbocycles. The van der Waals surface area contributed by atoms with Gasteiger partial charge in [-0.2, -0.15) is 10.4 Å². The molecule has 0 heterocycles. The van der Waals surface area contributed by atoms with Gasteiger partial charge in [-0.1, -0.05) is 29.8 Å². The summed E-state index contributed by atoms with van der Waals surface area (Å²) in [5.74, 6) is -0.255. The number of nitrogens with zero attached hydrogens (tertiary/aromatic N) is 2. The van der Waals surface area contributed by atoms with Crippen LogP contribution >= 0.6 is 0 Å². The summed E-state index contributed by atoms with van der Waals surface area (Å²) in [5, 5.41) is 12.6. The van der Waals surface area contributed by atoms with Crippen LogP contribution < -0.4 is 5.43 Å². The van der Waals surface area contributed by atoms with E-state index in [9.17, 15) is 4.79 Å². The van der Waals surface area contributed by atoms with Crippen LogP contribution in [0.4, 0.5) is 0 Å². The van der Waals surface area contributed by atoms with E-state index < -0.39 is 0 Å². The summed E-state index contributed by atoms with van der Waals surface area (Å²) in [6.07, 6.45) is 1.53. The number of benzene rings is 2. The highest BCUT2D eigenvalue weighted by molar-refractivity contribution is 5.94. The molecule has 0 bridgehead atoms. The predicted molar refractivity (Wildman–Crippen MR) is 77.4 cm³/mol. The van der Waals surface area contributed by atoms with Crippen molar-refractivity contribution in [3.63, 3.8) is 0 Å². The maximum atomic E-state index is 11.8. The first-order valence-electron chi connectivity index (χ1n) is 6.09. The Morgan fingerprint density at radius 3 is 2.40 bits per heavy atom. The Kier molecular flexibility index (Phi) is 4.25. The first-order chi connectivity index (χ1) is 9.69. The van der Waals surface area contributed by atoms with Gasteiger partial charge in [-0.15, -0.1) is 0 Å². The summed E-state index contributed by atoms with van der Waals surface area (Å²) in [7, 11) is 0. The SMILES string of the molecule is Cc1ccc(C(=O)N/N=C/c2ccc(C#N)cc2)cc1. The topological polar surface area (TPSA) is 65.2 Å². The van der Waals surface area contributed by atoms with E-state index >= 15 is 0 Å². The molecule has 0 atom stereocenters. The van der Waals surface area contributed by atoms with Crippen molar-refractivity contribution in [3.05, 3.63) is 70.8 Å². The number of amides is 1. The zero-order valence-electron chi connectivity index (χ0n) is 11.0. The van der Waals surface area contributed by atoms with E-state index in [1.54, 1.807) is 36.4 Å². The van der Waals surface area contributed by atoms with Crippen LogP contribution in [0.1, 0.15) is 27.0 Å². The van der Waals surface area contributed by atoms with Gasteiger partial charge in [0.25, 0.3) is 5.91 Å². The largest absolute Gasteiger partial charge is 0.271 e. The van der Waals surface area contributed by atoms with Gasteiger partial charge in [-0.05, 0) is 36.8 Å². The van der Waals surface area contributed by atoms with E-state index in [1.165, 1.54) is 6.21 Å². The van der Waals surface area contributed by atoms with Crippen LogP contribution in [0.2, 0.25) is 0 Å². The molecular weight excluding hydrogens is 250 g/mol. The molecular formula is C16H13N3O. The second-order valence-electron chi connectivity index (χ2n) is 4.30. The highest BCUT2D eigenvalue weighted by Gasteiger charge is 2.02. The number of hydrazone groups is 1. The van der Waals surface area contributed by atoms with E-state index in [0.717, 1.165) is 11.1 Å². The Labute approximate surface area is 117 Å². The van der Waals surface area contributed by atoms with Gasteiger partial charge in [0.1, 0.15) is 0 Å². The molecule has 2 aromatic carbocycles. The average molecular weight is 263 g/mol. The van der Waals surface area contributed by atoms with Crippen LogP contribution in [0.5, 0.6) is 0 Å². The van der Waals surface area contributed by atoms with E-state index in [1.807, 2.05) is 25.1 Å². The van der Waals surface area contributed by atoms with Crippen LogP contribution in [0, 0.1) is 18.3 Å². The summed E-state index contributed by atoms with van der Waals surface area (Å²) in [5.41, 5.74) is 5.53. The zero-order chi connectivity index (χ0) is 14.4. The molecule has 0 aliphatic heterocycles. The molecule has 0 spiro atoms. The van der Waals surface area contributed by atoms with E-state index in [0.29, 0.717) is 11.1 Å².